The number of nitrogens with zero attached hydrogens (tertiary/aromatic N) is 1. The molecule has 0 saturated carbocycles. The fraction of sp³-hybridized carbons (Fsp3) is 0.538. The molecule has 7 heteroatoms. The van der Waals surface area contributed by atoms with Gasteiger partial charge in [0.15, 0.2) is 9.84 Å². The van der Waals surface area contributed by atoms with Crippen LogP contribution in [-0.4, -0.2) is 36.9 Å². The van der Waals surface area contributed by atoms with E-state index in [1.165, 1.54) is 0 Å². The summed E-state index contributed by atoms with van der Waals surface area (Å²) in [5.41, 5.74) is 0.764. The Hall–Kier alpha value is -1.63. The van der Waals surface area contributed by atoms with Crippen molar-refractivity contribution in [2.24, 2.45) is 0 Å². The molecule has 0 spiro atoms. The number of carbonyl (C=O) groups is 1. The third-order valence-corrected chi connectivity index (χ3v) is 4.88. The molecule has 0 aromatic carbocycles. The summed E-state index contributed by atoms with van der Waals surface area (Å²) in [4.78, 5) is 15.5. The minimum absolute atomic E-state index is 0.0532. The molecule has 1 atom stereocenters. The number of nitrogens with one attached hydrogen (secondary N) is 2. The average Bonchev–Trinajstić information content (AvgIpc) is 2.71. The molecule has 1 unspecified atom stereocenters. The van der Waals surface area contributed by atoms with Gasteiger partial charge in [0.05, 0.1) is 23.4 Å². The van der Waals surface area contributed by atoms with E-state index in [1.807, 2.05) is 6.92 Å². The molecule has 1 aromatic rings. The topological polar surface area (TPSA) is 88.2 Å². The predicted molar refractivity (Wildman–Crippen MR) is 78.5 cm³/mol. The monoisotopic (exact) mass is 297 g/mol. The van der Waals surface area contributed by atoms with Crippen LogP contribution < -0.4 is 10.6 Å². The van der Waals surface area contributed by atoms with E-state index >= 15 is 0 Å². The van der Waals surface area contributed by atoms with Gasteiger partial charge in [-0.15, -0.1) is 0 Å². The molecule has 2 heterocycles. The Morgan fingerprint density at radius 2 is 2.25 bits per heavy atom. The number of carbonyl (C=O) groups excluding carboxylic acids is 1. The number of aromatic nitrogens is 1. The average molecular weight is 297 g/mol. The van der Waals surface area contributed by atoms with Gasteiger partial charge >= 0.3 is 0 Å². The van der Waals surface area contributed by atoms with Crippen molar-refractivity contribution in [1.82, 2.24) is 4.98 Å². The predicted octanol–water partition coefficient (Wildman–Crippen LogP) is 1.42. The van der Waals surface area contributed by atoms with Crippen LogP contribution in [0.15, 0.2) is 18.3 Å². The van der Waals surface area contributed by atoms with E-state index in [0.29, 0.717) is 18.7 Å². The summed E-state index contributed by atoms with van der Waals surface area (Å²) in [7, 11) is -2.89. The molecule has 1 aliphatic heterocycles. The molecule has 20 heavy (non-hydrogen) atoms. The van der Waals surface area contributed by atoms with E-state index in [0.717, 1.165) is 12.1 Å². The highest BCUT2D eigenvalue weighted by Gasteiger charge is 2.27. The molecule has 1 amide bonds. The van der Waals surface area contributed by atoms with Crippen LogP contribution in [0.2, 0.25) is 0 Å². The molecule has 1 fully saturated rings. The van der Waals surface area contributed by atoms with Crippen molar-refractivity contribution in [2.75, 3.05) is 22.1 Å². The normalized spacial score (nSPS) is 20.6. The maximum Gasteiger partial charge on any atom is 0.225 e. The molecule has 1 aliphatic rings. The molecule has 0 radical (unpaired) electrons. The first-order valence-electron chi connectivity index (χ1n) is 6.71. The summed E-state index contributed by atoms with van der Waals surface area (Å²) in [6.07, 6.45) is 3.49. The Labute approximate surface area is 118 Å². The van der Waals surface area contributed by atoms with Crippen molar-refractivity contribution >= 4 is 27.2 Å². The number of rotatable bonds is 5. The van der Waals surface area contributed by atoms with Crippen LogP contribution >= 0.6 is 0 Å². The standard InChI is InChI=1S/C13H19N3O3S/c1-2-3-13(17)16-12-5-4-10(8-14-12)15-11-6-7-20(18,19)9-11/h4-5,8,11,15H,2-3,6-7,9H2,1H3,(H,14,16,17). The first kappa shape index (κ1) is 14.8. The van der Waals surface area contributed by atoms with Crippen molar-refractivity contribution < 1.29 is 13.2 Å². The van der Waals surface area contributed by atoms with E-state index in [-0.39, 0.29) is 23.5 Å². The molecule has 2 rings (SSSR count). The molecule has 0 aliphatic carbocycles. The van der Waals surface area contributed by atoms with Crippen LogP contribution in [0, 0.1) is 0 Å². The highest BCUT2D eigenvalue weighted by Crippen LogP contribution is 2.18. The van der Waals surface area contributed by atoms with E-state index in [2.05, 4.69) is 15.6 Å². The van der Waals surface area contributed by atoms with Gasteiger partial charge in [0, 0.05) is 12.5 Å². The number of hydrogen-bond donors (Lipinski definition) is 2. The van der Waals surface area contributed by atoms with E-state index < -0.39 is 9.84 Å². The number of amides is 1. The quantitative estimate of drug-likeness (QED) is 0.858. The summed E-state index contributed by atoms with van der Waals surface area (Å²) in [6, 6.07) is 3.45. The Balaban J connectivity index is 1.90. The zero-order chi connectivity index (χ0) is 14.6. The van der Waals surface area contributed by atoms with Crippen LogP contribution in [0.3, 0.4) is 0 Å². The summed E-state index contributed by atoms with van der Waals surface area (Å²) >= 11 is 0. The fourth-order valence-corrected chi connectivity index (χ4v) is 3.80. The second-order valence-electron chi connectivity index (χ2n) is 4.97. The molecule has 0 bridgehead atoms. The second kappa shape index (κ2) is 6.21. The number of sulfone groups is 1. The summed E-state index contributed by atoms with van der Waals surface area (Å²) in [5, 5.41) is 5.85. The van der Waals surface area contributed by atoms with Gasteiger partial charge in [-0.2, -0.15) is 0 Å². The van der Waals surface area contributed by atoms with Crippen LogP contribution in [0.5, 0.6) is 0 Å². The first-order chi connectivity index (χ1) is 9.48. The molecular formula is C13H19N3O3S. The van der Waals surface area contributed by atoms with E-state index in [9.17, 15) is 13.2 Å². The highest BCUT2D eigenvalue weighted by atomic mass is 32.2. The van der Waals surface area contributed by atoms with Gasteiger partial charge in [-0.3, -0.25) is 4.79 Å². The zero-order valence-corrected chi connectivity index (χ0v) is 12.2. The van der Waals surface area contributed by atoms with E-state index in [4.69, 9.17) is 0 Å². The minimum Gasteiger partial charge on any atom is -0.380 e. The maximum absolute atomic E-state index is 11.4. The lowest BCUT2D eigenvalue weighted by atomic mass is 10.2. The molecule has 1 saturated heterocycles. The summed E-state index contributed by atoms with van der Waals surface area (Å²) < 4.78 is 22.7. The SMILES string of the molecule is CCCC(=O)Nc1ccc(NC2CCS(=O)(=O)C2)cn1. The summed E-state index contributed by atoms with van der Waals surface area (Å²) in [6.45, 7) is 1.94. The molecule has 6 nitrogen and oxygen atoms in total. The molecule has 1 aromatic heterocycles. The third-order valence-electron chi connectivity index (χ3n) is 3.11. The van der Waals surface area contributed by atoms with Gasteiger partial charge in [0.2, 0.25) is 5.91 Å². The molecular weight excluding hydrogens is 278 g/mol. The lowest BCUT2D eigenvalue weighted by Crippen LogP contribution is -2.20. The lowest BCUT2D eigenvalue weighted by Gasteiger charge is -2.12. The number of hydrogen-bond acceptors (Lipinski definition) is 5. The van der Waals surface area contributed by atoms with Crippen molar-refractivity contribution in [2.45, 2.75) is 32.2 Å². The van der Waals surface area contributed by atoms with Gasteiger partial charge in [0.1, 0.15) is 5.82 Å². The van der Waals surface area contributed by atoms with Crippen LogP contribution in [-0.2, 0) is 14.6 Å². The lowest BCUT2D eigenvalue weighted by molar-refractivity contribution is -0.116. The Morgan fingerprint density at radius 3 is 2.80 bits per heavy atom. The maximum atomic E-state index is 11.4. The largest absolute Gasteiger partial charge is 0.380 e. The van der Waals surface area contributed by atoms with Gasteiger partial charge in [-0.05, 0) is 25.0 Å². The van der Waals surface area contributed by atoms with Gasteiger partial charge in [-0.25, -0.2) is 13.4 Å². The smallest absolute Gasteiger partial charge is 0.225 e. The van der Waals surface area contributed by atoms with Crippen molar-refractivity contribution in [3.8, 4) is 0 Å². The second-order valence-corrected chi connectivity index (χ2v) is 7.20. The number of anilines is 2. The number of pyridine rings is 1. The van der Waals surface area contributed by atoms with Gasteiger partial charge in [0.25, 0.3) is 0 Å². The van der Waals surface area contributed by atoms with Crippen LogP contribution in [0.25, 0.3) is 0 Å². The van der Waals surface area contributed by atoms with Crippen molar-refractivity contribution in [1.29, 1.82) is 0 Å². The molecule has 110 valence electrons. The summed E-state index contributed by atoms with van der Waals surface area (Å²) in [5.74, 6) is 0.862. The minimum atomic E-state index is -2.89. The van der Waals surface area contributed by atoms with Crippen LogP contribution in [0.4, 0.5) is 11.5 Å². The Bertz CT molecular complexity index is 569. The van der Waals surface area contributed by atoms with Crippen LogP contribution in [0.1, 0.15) is 26.2 Å². The Morgan fingerprint density at radius 1 is 1.45 bits per heavy atom. The van der Waals surface area contributed by atoms with E-state index in [1.54, 1.807) is 18.3 Å². The fourth-order valence-electron chi connectivity index (χ4n) is 2.13. The van der Waals surface area contributed by atoms with Crippen molar-refractivity contribution in [3.05, 3.63) is 18.3 Å². The van der Waals surface area contributed by atoms with Gasteiger partial charge < -0.3 is 10.6 Å². The first-order valence-corrected chi connectivity index (χ1v) is 8.53. The molecule has 2 N–H and O–H groups in total. The third kappa shape index (κ3) is 4.19. The van der Waals surface area contributed by atoms with Crippen molar-refractivity contribution in [3.63, 3.8) is 0 Å². The Kier molecular flexibility index (Phi) is 4.59. The zero-order valence-electron chi connectivity index (χ0n) is 11.4. The van der Waals surface area contributed by atoms with Gasteiger partial charge in [-0.1, -0.05) is 6.92 Å². The highest BCUT2D eigenvalue weighted by molar-refractivity contribution is 7.91.